The number of carbonyl (C=O) groups is 1. The smallest absolute Gasteiger partial charge is 0.221 e. The van der Waals surface area contributed by atoms with E-state index in [4.69, 9.17) is 14.5 Å². The summed E-state index contributed by atoms with van der Waals surface area (Å²) in [6.45, 7) is 8.56. The number of benzene rings is 2. The molecule has 1 saturated heterocycles. The third kappa shape index (κ3) is 4.78. The van der Waals surface area contributed by atoms with Crippen molar-refractivity contribution >= 4 is 22.5 Å². The van der Waals surface area contributed by atoms with Gasteiger partial charge >= 0.3 is 0 Å². The summed E-state index contributed by atoms with van der Waals surface area (Å²) < 4.78 is 11.5. The lowest BCUT2D eigenvalue weighted by atomic mass is 10.0. The van der Waals surface area contributed by atoms with Crippen LogP contribution in [0.3, 0.4) is 0 Å². The molecule has 0 saturated carbocycles. The Bertz CT molecular complexity index is 1050. The van der Waals surface area contributed by atoms with Crippen LogP contribution in [0.25, 0.3) is 22.2 Å². The van der Waals surface area contributed by atoms with E-state index < -0.39 is 0 Å². The van der Waals surface area contributed by atoms with Gasteiger partial charge in [0, 0.05) is 43.2 Å². The van der Waals surface area contributed by atoms with Gasteiger partial charge in [-0.2, -0.15) is 0 Å². The van der Waals surface area contributed by atoms with E-state index >= 15 is 0 Å². The van der Waals surface area contributed by atoms with E-state index in [-0.39, 0.29) is 5.91 Å². The van der Waals surface area contributed by atoms with E-state index in [1.807, 2.05) is 42.5 Å². The zero-order chi connectivity index (χ0) is 20.9. The second-order valence-electron chi connectivity index (χ2n) is 7.54. The molecule has 0 atom stereocenters. The molecule has 0 radical (unpaired) electrons. The summed E-state index contributed by atoms with van der Waals surface area (Å²) in [5.41, 5.74) is 4.55. The van der Waals surface area contributed by atoms with Gasteiger partial charge in [-0.25, -0.2) is 4.98 Å². The summed E-state index contributed by atoms with van der Waals surface area (Å²) in [7, 11) is 0. The first kappa shape index (κ1) is 20.3. The van der Waals surface area contributed by atoms with Gasteiger partial charge in [0.05, 0.1) is 24.4 Å². The molecule has 0 unspecified atom stereocenters. The number of fused-ring (bicyclic) bond motifs is 1. The van der Waals surface area contributed by atoms with Crippen LogP contribution in [0.4, 0.5) is 5.69 Å². The maximum atomic E-state index is 11.4. The van der Waals surface area contributed by atoms with Crippen LogP contribution >= 0.6 is 0 Å². The number of rotatable bonds is 6. The van der Waals surface area contributed by atoms with Crippen molar-refractivity contribution in [3.05, 3.63) is 54.1 Å². The van der Waals surface area contributed by atoms with Crippen LogP contribution in [0.2, 0.25) is 0 Å². The fourth-order valence-corrected chi connectivity index (χ4v) is 3.74. The highest BCUT2D eigenvalue weighted by Crippen LogP contribution is 2.32. The lowest BCUT2D eigenvalue weighted by Gasteiger charge is -2.26. The van der Waals surface area contributed by atoms with E-state index in [1.54, 1.807) is 0 Å². The van der Waals surface area contributed by atoms with Crippen LogP contribution in [0, 0.1) is 6.92 Å². The van der Waals surface area contributed by atoms with E-state index in [9.17, 15) is 4.79 Å². The number of carbonyl (C=O) groups excluding carboxylic acids is 1. The lowest BCUT2D eigenvalue weighted by molar-refractivity contribution is -0.114. The molecule has 6 heteroatoms. The molecule has 0 bridgehead atoms. The summed E-state index contributed by atoms with van der Waals surface area (Å²) >= 11 is 0. The largest absolute Gasteiger partial charge is 0.492 e. The van der Waals surface area contributed by atoms with Crippen molar-refractivity contribution in [3.8, 4) is 17.0 Å². The second-order valence-corrected chi connectivity index (χ2v) is 7.54. The Morgan fingerprint density at radius 3 is 2.77 bits per heavy atom. The number of nitrogens with zero attached hydrogens (tertiary/aromatic N) is 2. The Hall–Kier alpha value is -2.96. The number of hydrogen-bond acceptors (Lipinski definition) is 5. The van der Waals surface area contributed by atoms with E-state index in [0.29, 0.717) is 6.61 Å². The van der Waals surface area contributed by atoms with Crippen molar-refractivity contribution < 1.29 is 14.3 Å². The molecule has 0 spiro atoms. The molecule has 156 valence electrons. The third-order valence-electron chi connectivity index (χ3n) is 5.27. The number of para-hydroxylation sites is 1. The van der Waals surface area contributed by atoms with Crippen molar-refractivity contribution in [1.29, 1.82) is 0 Å². The first-order chi connectivity index (χ1) is 14.6. The first-order valence-corrected chi connectivity index (χ1v) is 10.3. The molecule has 0 aliphatic carbocycles. The van der Waals surface area contributed by atoms with Crippen molar-refractivity contribution in [1.82, 2.24) is 9.88 Å². The lowest BCUT2D eigenvalue weighted by Crippen LogP contribution is -2.38. The molecule has 3 aromatic rings. The van der Waals surface area contributed by atoms with E-state index in [0.717, 1.165) is 72.0 Å². The fourth-order valence-electron chi connectivity index (χ4n) is 3.74. The molecule has 1 fully saturated rings. The second kappa shape index (κ2) is 9.24. The maximum Gasteiger partial charge on any atom is 0.221 e. The summed E-state index contributed by atoms with van der Waals surface area (Å²) in [4.78, 5) is 18.6. The number of hydrogen-bond donors (Lipinski definition) is 1. The number of aryl methyl sites for hydroxylation is 1. The zero-order valence-corrected chi connectivity index (χ0v) is 17.5. The highest BCUT2D eigenvalue weighted by molar-refractivity contribution is 5.93. The molecule has 30 heavy (non-hydrogen) atoms. The highest BCUT2D eigenvalue weighted by atomic mass is 16.5. The van der Waals surface area contributed by atoms with Crippen LogP contribution in [0.1, 0.15) is 12.5 Å². The number of aromatic nitrogens is 1. The molecule has 1 amide bonds. The van der Waals surface area contributed by atoms with Crippen LogP contribution in [0.5, 0.6) is 5.75 Å². The Labute approximate surface area is 176 Å². The Balaban J connectivity index is 1.58. The molecule has 1 N–H and O–H groups in total. The van der Waals surface area contributed by atoms with Gasteiger partial charge < -0.3 is 14.8 Å². The Morgan fingerprint density at radius 1 is 1.17 bits per heavy atom. The molecular weight excluding hydrogens is 378 g/mol. The minimum absolute atomic E-state index is 0.0961. The fraction of sp³-hybridized carbons (Fsp3) is 0.333. The van der Waals surface area contributed by atoms with Gasteiger partial charge in [0.15, 0.2) is 0 Å². The Morgan fingerprint density at radius 2 is 1.97 bits per heavy atom. The number of morpholine rings is 1. The Kier molecular flexibility index (Phi) is 6.26. The normalized spacial score (nSPS) is 14.6. The van der Waals surface area contributed by atoms with Crippen LogP contribution in [-0.2, 0) is 9.53 Å². The molecule has 4 rings (SSSR count). The number of anilines is 1. The van der Waals surface area contributed by atoms with Crippen LogP contribution in [0.15, 0.2) is 48.5 Å². The minimum atomic E-state index is -0.0961. The van der Waals surface area contributed by atoms with Gasteiger partial charge in [0.25, 0.3) is 0 Å². The van der Waals surface area contributed by atoms with Crippen molar-refractivity contribution in [2.24, 2.45) is 0 Å². The number of pyridine rings is 1. The quantitative estimate of drug-likeness (QED) is 0.674. The SMILES string of the molecule is CC(=O)Nc1ccc2c(C)cc(-c3ccccc3OCCN3CCOCC3)nc2c1. The number of ether oxygens (including phenoxy) is 2. The van der Waals surface area contributed by atoms with Gasteiger partial charge in [-0.15, -0.1) is 0 Å². The monoisotopic (exact) mass is 405 g/mol. The van der Waals surface area contributed by atoms with Crippen LogP contribution < -0.4 is 10.1 Å². The maximum absolute atomic E-state index is 11.4. The molecular formula is C24H27N3O3. The van der Waals surface area contributed by atoms with Gasteiger partial charge in [-0.05, 0) is 42.8 Å². The predicted octanol–water partition coefficient (Wildman–Crippen LogP) is 3.88. The number of nitrogens with one attached hydrogen (secondary N) is 1. The van der Waals surface area contributed by atoms with Gasteiger partial charge in [0.2, 0.25) is 5.91 Å². The number of amides is 1. The third-order valence-corrected chi connectivity index (χ3v) is 5.27. The summed E-state index contributed by atoms with van der Waals surface area (Å²) in [5, 5.41) is 3.90. The van der Waals surface area contributed by atoms with E-state index in [2.05, 4.69) is 23.2 Å². The van der Waals surface area contributed by atoms with Crippen molar-refractivity contribution in [3.63, 3.8) is 0 Å². The van der Waals surface area contributed by atoms with Gasteiger partial charge in [-0.1, -0.05) is 18.2 Å². The molecule has 6 nitrogen and oxygen atoms in total. The van der Waals surface area contributed by atoms with Gasteiger partial charge in [0.1, 0.15) is 12.4 Å². The molecule has 2 heterocycles. The standard InChI is InChI=1S/C24H27N3O3/c1-17-15-22(26-23-16-19(25-18(2)28)7-8-20(17)23)21-5-3-4-6-24(21)30-14-11-27-9-12-29-13-10-27/h3-8,15-16H,9-14H2,1-2H3,(H,25,28). The molecule has 1 aliphatic heterocycles. The summed E-state index contributed by atoms with van der Waals surface area (Å²) in [5.74, 6) is 0.733. The highest BCUT2D eigenvalue weighted by Gasteiger charge is 2.13. The molecule has 1 aliphatic rings. The predicted molar refractivity (Wildman–Crippen MR) is 119 cm³/mol. The minimum Gasteiger partial charge on any atom is -0.492 e. The first-order valence-electron chi connectivity index (χ1n) is 10.3. The average Bonchev–Trinajstić information content (AvgIpc) is 2.74. The van der Waals surface area contributed by atoms with E-state index in [1.165, 1.54) is 6.92 Å². The summed E-state index contributed by atoms with van der Waals surface area (Å²) in [6, 6.07) is 15.9. The summed E-state index contributed by atoms with van der Waals surface area (Å²) in [6.07, 6.45) is 0. The van der Waals surface area contributed by atoms with Crippen LogP contribution in [-0.4, -0.2) is 55.2 Å². The molecule has 2 aromatic carbocycles. The van der Waals surface area contributed by atoms with Crippen molar-refractivity contribution in [2.75, 3.05) is 44.8 Å². The zero-order valence-electron chi connectivity index (χ0n) is 17.5. The van der Waals surface area contributed by atoms with Gasteiger partial charge in [-0.3, -0.25) is 9.69 Å². The average molecular weight is 405 g/mol. The topological polar surface area (TPSA) is 63.7 Å². The van der Waals surface area contributed by atoms with Crippen molar-refractivity contribution in [2.45, 2.75) is 13.8 Å². The molecule has 1 aromatic heterocycles.